The summed E-state index contributed by atoms with van der Waals surface area (Å²) in [7, 11) is 1.61. The Kier molecular flexibility index (Phi) is 7.54. The van der Waals surface area contributed by atoms with Crippen LogP contribution in [0.5, 0.6) is 11.5 Å². The zero-order valence-corrected chi connectivity index (χ0v) is 23.4. The minimum absolute atomic E-state index is 0.199. The molecule has 0 unspecified atom stereocenters. The van der Waals surface area contributed by atoms with Gasteiger partial charge in [-0.1, -0.05) is 22.9 Å². The third-order valence-corrected chi connectivity index (χ3v) is 7.01. The smallest absolute Gasteiger partial charge is 0.330 e. The Labute approximate surface area is 231 Å². The highest BCUT2D eigenvalue weighted by molar-refractivity contribution is 5.91. The lowest BCUT2D eigenvalue weighted by Gasteiger charge is -2.25. The largest absolute Gasteiger partial charge is 0.493 e. The molecule has 40 heavy (non-hydrogen) atoms. The summed E-state index contributed by atoms with van der Waals surface area (Å²) in [5.41, 5.74) is 7.30. The number of aromatic amines is 1. The summed E-state index contributed by atoms with van der Waals surface area (Å²) >= 11 is 0. The maximum atomic E-state index is 14.0. The fourth-order valence-electron chi connectivity index (χ4n) is 5.22. The first-order valence-corrected chi connectivity index (χ1v) is 13.3. The number of carbonyl (C=O) groups excluding carboxylic acids is 1. The third-order valence-electron chi connectivity index (χ3n) is 7.01. The van der Waals surface area contributed by atoms with Crippen molar-refractivity contribution < 1.29 is 14.3 Å². The highest BCUT2D eigenvalue weighted by atomic mass is 16.5. The second-order valence-corrected chi connectivity index (χ2v) is 9.80. The molecular formula is C29H33N7O4. The molecule has 0 atom stereocenters. The molecule has 0 saturated carbocycles. The van der Waals surface area contributed by atoms with Crippen LogP contribution in [-0.2, 0) is 19.5 Å². The van der Waals surface area contributed by atoms with E-state index in [0.717, 1.165) is 39.2 Å². The van der Waals surface area contributed by atoms with E-state index in [1.165, 1.54) is 6.20 Å². The van der Waals surface area contributed by atoms with Gasteiger partial charge in [-0.15, -0.1) is 5.10 Å². The van der Waals surface area contributed by atoms with Crippen LogP contribution in [0.25, 0.3) is 11.3 Å². The Bertz CT molecular complexity index is 1680. The van der Waals surface area contributed by atoms with E-state index in [1.807, 2.05) is 45.9 Å². The van der Waals surface area contributed by atoms with E-state index in [2.05, 4.69) is 32.9 Å². The van der Waals surface area contributed by atoms with Crippen molar-refractivity contribution in [3.05, 3.63) is 80.4 Å². The van der Waals surface area contributed by atoms with Gasteiger partial charge >= 0.3 is 5.69 Å². The molecule has 2 N–H and O–H groups in total. The Hall–Kier alpha value is -4.67. The van der Waals surface area contributed by atoms with Crippen LogP contribution in [0.3, 0.4) is 0 Å². The van der Waals surface area contributed by atoms with Crippen molar-refractivity contribution in [2.24, 2.45) is 4.99 Å². The summed E-state index contributed by atoms with van der Waals surface area (Å²) < 4.78 is 14.8. The van der Waals surface area contributed by atoms with Crippen LogP contribution >= 0.6 is 0 Å². The number of aryl methyl sites for hydroxylation is 4. The van der Waals surface area contributed by atoms with Gasteiger partial charge in [0.2, 0.25) is 0 Å². The summed E-state index contributed by atoms with van der Waals surface area (Å²) in [5, 5.41) is 12.6. The average Bonchev–Trinajstić information content (AvgIpc) is 3.47. The Morgan fingerprint density at radius 3 is 2.58 bits per heavy atom. The fraction of sp³-hybridized carbons (Fsp3) is 0.345. The number of nitrogens with zero attached hydrogens (tertiary/aromatic N) is 5. The zero-order chi connectivity index (χ0) is 28.4. The quantitative estimate of drug-likeness (QED) is 0.352. The van der Waals surface area contributed by atoms with E-state index >= 15 is 0 Å². The van der Waals surface area contributed by atoms with E-state index in [-0.39, 0.29) is 30.4 Å². The molecular weight excluding hydrogens is 510 g/mol. The standard InChI is InChI=1S/C29H33N7O4/c1-6-40-25-13-20-7-9-35-23(21(20)14-24(25)39-5)15-26(32-27-18(3)11-17(2)12-19(27)4)36(29(35)38)10-8-30-28(37)22-16-31-34-33-22/h11-16H,6-10H2,1-5H3,(H,30,37)(H,31,33,34)/b32-26+. The molecule has 1 amide bonds. The summed E-state index contributed by atoms with van der Waals surface area (Å²) in [4.78, 5) is 31.4. The molecule has 0 radical (unpaired) electrons. The van der Waals surface area contributed by atoms with Crippen LogP contribution < -0.4 is 26.0 Å². The number of H-pyrrole nitrogens is 1. The number of hydrogen-bond donors (Lipinski definition) is 2. The van der Waals surface area contributed by atoms with Gasteiger partial charge in [0.05, 0.1) is 31.3 Å². The van der Waals surface area contributed by atoms with Gasteiger partial charge in [-0.2, -0.15) is 0 Å². The van der Waals surface area contributed by atoms with Crippen LogP contribution in [-0.4, -0.2) is 50.7 Å². The van der Waals surface area contributed by atoms with Crippen LogP contribution in [0.2, 0.25) is 0 Å². The highest BCUT2D eigenvalue weighted by Gasteiger charge is 2.23. The molecule has 11 heteroatoms. The molecule has 0 spiro atoms. The van der Waals surface area contributed by atoms with Crippen molar-refractivity contribution in [1.82, 2.24) is 29.9 Å². The maximum Gasteiger partial charge on any atom is 0.330 e. The molecule has 4 aromatic rings. The second kappa shape index (κ2) is 11.2. The molecule has 3 heterocycles. The topological polar surface area (TPSA) is 128 Å². The SMILES string of the molecule is CCOc1cc2c(cc1OC)-c1c/c(=N\c3c(C)cc(C)cc3C)n(CCNC(=O)c3cnn[nH]3)c(=O)n1CC2. The Morgan fingerprint density at radius 2 is 1.90 bits per heavy atom. The van der Waals surface area contributed by atoms with Crippen molar-refractivity contribution in [3.8, 4) is 22.8 Å². The normalized spacial score (nSPS) is 12.6. The van der Waals surface area contributed by atoms with Gasteiger partial charge in [0, 0.05) is 31.3 Å². The van der Waals surface area contributed by atoms with Crippen molar-refractivity contribution >= 4 is 11.6 Å². The van der Waals surface area contributed by atoms with E-state index in [1.54, 1.807) is 16.2 Å². The molecule has 0 fully saturated rings. The first-order valence-electron chi connectivity index (χ1n) is 13.3. The predicted octanol–water partition coefficient (Wildman–Crippen LogP) is 2.99. The molecule has 0 bridgehead atoms. The molecule has 0 saturated heterocycles. The number of benzene rings is 2. The van der Waals surface area contributed by atoms with E-state index < -0.39 is 0 Å². The molecule has 1 aliphatic rings. The second-order valence-electron chi connectivity index (χ2n) is 9.80. The molecule has 2 aromatic carbocycles. The fourth-order valence-corrected chi connectivity index (χ4v) is 5.22. The lowest BCUT2D eigenvalue weighted by Crippen LogP contribution is -2.44. The van der Waals surface area contributed by atoms with E-state index in [0.29, 0.717) is 36.6 Å². The number of methoxy groups -OCH3 is 1. The molecule has 5 rings (SSSR count). The number of hydrogen-bond acceptors (Lipinski definition) is 7. The minimum Gasteiger partial charge on any atom is -0.493 e. The van der Waals surface area contributed by atoms with Crippen molar-refractivity contribution in [2.75, 3.05) is 20.3 Å². The van der Waals surface area contributed by atoms with Gasteiger partial charge < -0.3 is 14.8 Å². The molecule has 2 aromatic heterocycles. The van der Waals surface area contributed by atoms with Crippen molar-refractivity contribution in [3.63, 3.8) is 0 Å². The predicted molar refractivity (Wildman–Crippen MR) is 150 cm³/mol. The van der Waals surface area contributed by atoms with E-state index in [4.69, 9.17) is 14.5 Å². The number of aromatic nitrogens is 5. The van der Waals surface area contributed by atoms with Crippen molar-refractivity contribution in [2.45, 2.75) is 47.2 Å². The lowest BCUT2D eigenvalue weighted by atomic mass is 9.97. The molecule has 1 aliphatic heterocycles. The summed E-state index contributed by atoms with van der Waals surface area (Å²) in [5.74, 6) is 0.945. The molecule has 11 nitrogen and oxygen atoms in total. The van der Waals surface area contributed by atoms with Gasteiger partial charge in [0.15, 0.2) is 11.5 Å². The summed E-state index contributed by atoms with van der Waals surface area (Å²) in [6, 6.07) is 10.0. The average molecular weight is 544 g/mol. The maximum absolute atomic E-state index is 14.0. The third kappa shape index (κ3) is 5.14. The van der Waals surface area contributed by atoms with Gasteiger partial charge in [0.1, 0.15) is 11.2 Å². The van der Waals surface area contributed by atoms with Gasteiger partial charge in [-0.05, 0) is 62.9 Å². The van der Waals surface area contributed by atoms with Crippen molar-refractivity contribution in [1.29, 1.82) is 0 Å². The molecule has 0 aliphatic carbocycles. The summed E-state index contributed by atoms with van der Waals surface area (Å²) in [6.07, 6.45) is 2.02. The zero-order valence-electron chi connectivity index (χ0n) is 23.4. The van der Waals surface area contributed by atoms with Crippen LogP contribution in [0.1, 0.15) is 39.7 Å². The van der Waals surface area contributed by atoms with Gasteiger partial charge in [-0.3, -0.25) is 19.0 Å². The number of amides is 1. The monoisotopic (exact) mass is 543 g/mol. The van der Waals surface area contributed by atoms with Crippen LogP contribution in [0.15, 0.2) is 46.3 Å². The number of rotatable bonds is 8. The first-order chi connectivity index (χ1) is 19.3. The van der Waals surface area contributed by atoms with Gasteiger partial charge in [0.25, 0.3) is 5.91 Å². The number of ether oxygens (including phenoxy) is 2. The Balaban J connectivity index is 1.64. The highest BCUT2D eigenvalue weighted by Crippen LogP contribution is 2.37. The Morgan fingerprint density at radius 1 is 1.12 bits per heavy atom. The summed E-state index contributed by atoms with van der Waals surface area (Å²) in [6.45, 7) is 9.50. The number of nitrogens with one attached hydrogen (secondary N) is 2. The lowest BCUT2D eigenvalue weighted by molar-refractivity contribution is 0.0947. The first kappa shape index (κ1) is 26.9. The number of carbonyl (C=O) groups is 1. The van der Waals surface area contributed by atoms with Crippen LogP contribution in [0.4, 0.5) is 5.69 Å². The van der Waals surface area contributed by atoms with E-state index in [9.17, 15) is 9.59 Å². The van der Waals surface area contributed by atoms with Crippen LogP contribution in [0, 0.1) is 20.8 Å². The number of fused-ring (bicyclic) bond motifs is 3. The van der Waals surface area contributed by atoms with Gasteiger partial charge in [-0.25, -0.2) is 9.79 Å². The molecule has 208 valence electrons. The minimum atomic E-state index is -0.349.